The number of carbonyl (C=O) groups excluding carboxylic acids is 3. The number of rotatable bonds is 5. The van der Waals surface area contributed by atoms with Gasteiger partial charge in [0.05, 0.1) is 0 Å². The summed E-state index contributed by atoms with van der Waals surface area (Å²) in [7, 11) is 0. The molecule has 1 rings (SSSR count). The lowest BCUT2D eigenvalue weighted by Gasteiger charge is -2.17. The molecular weight excluding hydrogens is 302 g/mol. The molecule has 0 spiro atoms. The first-order valence-electron chi connectivity index (χ1n) is 5.66. The summed E-state index contributed by atoms with van der Waals surface area (Å²) < 4.78 is 0. The van der Waals surface area contributed by atoms with Gasteiger partial charge in [-0.05, 0) is 17.7 Å². The fraction of sp³-hybridized carbons (Fsp3) is 0.167. The number of halogens is 1. The molecule has 0 atom stereocenters. The molecular formula is C12H12ClN3O5. The maximum atomic E-state index is 11.7. The van der Waals surface area contributed by atoms with Crippen molar-refractivity contribution >= 4 is 35.4 Å². The predicted octanol–water partition coefficient (Wildman–Crippen LogP) is 0.584. The molecule has 0 saturated heterocycles. The highest BCUT2D eigenvalue weighted by Crippen LogP contribution is 2.09. The molecule has 0 aliphatic rings. The first kappa shape index (κ1) is 16.4. The third-order valence-corrected chi connectivity index (χ3v) is 2.66. The maximum Gasteiger partial charge on any atom is 0.374 e. The summed E-state index contributed by atoms with van der Waals surface area (Å²) in [6.45, 7) is -0.877. The van der Waals surface area contributed by atoms with Crippen LogP contribution in [0.5, 0.6) is 0 Å². The zero-order valence-corrected chi connectivity index (χ0v) is 11.5. The molecule has 0 aliphatic heterocycles. The van der Waals surface area contributed by atoms with Gasteiger partial charge in [-0.25, -0.2) is 19.3 Å². The van der Waals surface area contributed by atoms with Crippen LogP contribution in [0.1, 0.15) is 5.56 Å². The molecule has 0 fully saturated rings. The van der Waals surface area contributed by atoms with E-state index >= 15 is 0 Å². The Morgan fingerprint density at radius 3 is 2.24 bits per heavy atom. The van der Waals surface area contributed by atoms with Crippen LogP contribution < -0.4 is 11.1 Å². The lowest BCUT2D eigenvalue weighted by molar-refractivity contribution is -0.149. The van der Waals surface area contributed by atoms with Crippen molar-refractivity contribution in [2.75, 3.05) is 6.54 Å². The van der Waals surface area contributed by atoms with Crippen molar-refractivity contribution in [3.63, 3.8) is 0 Å². The zero-order chi connectivity index (χ0) is 16.0. The van der Waals surface area contributed by atoms with Gasteiger partial charge in [-0.2, -0.15) is 0 Å². The first-order chi connectivity index (χ1) is 9.81. The fourth-order valence-corrected chi connectivity index (χ4v) is 1.46. The summed E-state index contributed by atoms with van der Waals surface area (Å²) >= 11 is 5.70. The number of Topliss-reactive ketones (excluding diaryl/α,β-unsaturated/α-hetero) is 1. The van der Waals surface area contributed by atoms with E-state index in [1.54, 1.807) is 24.3 Å². The molecule has 8 nitrogen and oxygen atoms in total. The van der Waals surface area contributed by atoms with Crippen LogP contribution in [0.4, 0.5) is 9.59 Å². The minimum atomic E-state index is -1.76. The van der Waals surface area contributed by atoms with Gasteiger partial charge in [0.2, 0.25) is 0 Å². The molecule has 0 bridgehead atoms. The van der Waals surface area contributed by atoms with Crippen LogP contribution in [0.25, 0.3) is 0 Å². The van der Waals surface area contributed by atoms with Crippen LogP contribution in [0.2, 0.25) is 5.02 Å². The number of urea groups is 2. The Balaban J connectivity index is 2.65. The molecule has 21 heavy (non-hydrogen) atoms. The number of benzene rings is 1. The number of carboxylic acids is 1. The highest BCUT2D eigenvalue weighted by atomic mass is 35.5. The number of aliphatic carboxylic acids is 1. The van der Waals surface area contributed by atoms with Crippen molar-refractivity contribution in [3.8, 4) is 0 Å². The highest BCUT2D eigenvalue weighted by molar-refractivity contribution is 6.34. The van der Waals surface area contributed by atoms with Gasteiger partial charge in [0.25, 0.3) is 5.78 Å². The number of ketones is 1. The standard InChI is InChI=1S/C12H12ClN3O5/c13-8-3-1-7(2-4-8)5-15-12(21)16(11(14)20)6-9(17)10(18)19/h1-4H,5-6H2,(H2,14,20)(H,15,21)(H,18,19). The van der Waals surface area contributed by atoms with Gasteiger partial charge in [0.1, 0.15) is 6.54 Å². The monoisotopic (exact) mass is 313 g/mol. The Hall–Kier alpha value is -2.61. The van der Waals surface area contributed by atoms with E-state index in [1.165, 1.54) is 0 Å². The Labute approximate surface area is 124 Å². The molecule has 0 aliphatic carbocycles. The minimum absolute atomic E-state index is 0.0566. The van der Waals surface area contributed by atoms with Gasteiger partial charge in [0, 0.05) is 11.6 Å². The SMILES string of the molecule is NC(=O)N(CC(=O)C(=O)O)C(=O)NCc1ccc(Cl)cc1. The number of primary amides is 1. The number of hydrogen-bond acceptors (Lipinski definition) is 4. The molecule has 1 aromatic rings. The van der Waals surface area contributed by atoms with Crippen LogP contribution in [-0.2, 0) is 16.1 Å². The number of carbonyl (C=O) groups is 4. The Morgan fingerprint density at radius 2 is 1.76 bits per heavy atom. The molecule has 4 N–H and O–H groups in total. The minimum Gasteiger partial charge on any atom is -0.475 e. The van der Waals surface area contributed by atoms with Crippen LogP contribution in [0, 0.1) is 0 Å². The highest BCUT2D eigenvalue weighted by Gasteiger charge is 2.24. The molecule has 9 heteroatoms. The second-order valence-corrected chi connectivity index (χ2v) is 4.37. The summed E-state index contributed by atoms with van der Waals surface area (Å²) in [5.41, 5.74) is 5.63. The summed E-state index contributed by atoms with van der Waals surface area (Å²) in [6, 6.07) is 4.34. The van der Waals surface area contributed by atoms with Gasteiger partial charge in [0.15, 0.2) is 0 Å². The van der Waals surface area contributed by atoms with E-state index in [9.17, 15) is 19.2 Å². The average molecular weight is 314 g/mol. The number of nitrogens with one attached hydrogen (secondary N) is 1. The molecule has 112 valence electrons. The number of amides is 4. The first-order valence-corrected chi connectivity index (χ1v) is 6.04. The molecule has 0 saturated carbocycles. The van der Waals surface area contributed by atoms with Crippen molar-refractivity contribution < 1.29 is 24.3 Å². The van der Waals surface area contributed by atoms with E-state index in [1.807, 2.05) is 0 Å². The topological polar surface area (TPSA) is 130 Å². The van der Waals surface area contributed by atoms with Crippen molar-refractivity contribution in [3.05, 3.63) is 34.9 Å². The van der Waals surface area contributed by atoms with Gasteiger partial charge in [-0.1, -0.05) is 23.7 Å². The van der Waals surface area contributed by atoms with Crippen molar-refractivity contribution in [2.45, 2.75) is 6.54 Å². The number of imide groups is 1. The second-order valence-electron chi connectivity index (χ2n) is 3.94. The third kappa shape index (κ3) is 5.11. The Bertz CT molecular complexity index is 573. The van der Waals surface area contributed by atoms with E-state index in [0.29, 0.717) is 15.5 Å². The summed E-state index contributed by atoms with van der Waals surface area (Å²) in [6.07, 6.45) is 0. The normalized spacial score (nSPS) is 9.76. The molecule has 0 heterocycles. The summed E-state index contributed by atoms with van der Waals surface area (Å²) in [5, 5.41) is 11.3. The van der Waals surface area contributed by atoms with Crippen molar-refractivity contribution in [1.29, 1.82) is 0 Å². The van der Waals surface area contributed by atoms with Crippen LogP contribution >= 0.6 is 11.6 Å². The number of nitrogens with two attached hydrogens (primary N) is 1. The Morgan fingerprint density at radius 1 is 1.19 bits per heavy atom. The Kier molecular flexibility index (Phi) is 5.67. The van der Waals surface area contributed by atoms with Gasteiger partial charge < -0.3 is 16.2 Å². The lowest BCUT2D eigenvalue weighted by atomic mass is 10.2. The van der Waals surface area contributed by atoms with Crippen molar-refractivity contribution in [1.82, 2.24) is 10.2 Å². The van der Waals surface area contributed by atoms with E-state index in [0.717, 1.165) is 0 Å². The lowest BCUT2D eigenvalue weighted by Crippen LogP contribution is -2.49. The average Bonchev–Trinajstić information content (AvgIpc) is 2.43. The number of nitrogens with zero attached hydrogens (tertiary/aromatic N) is 1. The predicted molar refractivity (Wildman–Crippen MR) is 72.6 cm³/mol. The van der Waals surface area contributed by atoms with Crippen molar-refractivity contribution in [2.24, 2.45) is 5.73 Å². The van der Waals surface area contributed by atoms with E-state index in [4.69, 9.17) is 22.4 Å². The molecule has 0 aromatic heterocycles. The van der Waals surface area contributed by atoms with E-state index in [-0.39, 0.29) is 6.54 Å². The fourth-order valence-electron chi connectivity index (χ4n) is 1.34. The molecule has 0 radical (unpaired) electrons. The molecule has 0 unspecified atom stereocenters. The molecule has 4 amide bonds. The van der Waals surface area contributed by atoms with E-state index < -0.39 is 30.4 Å². The van der Waals surface area contributed by atoms with Crippen LogP contribution in [0.3, 0.4) is 0 Å². The second kappa shape index (κ2) is 7.25. The van der Waals surface area contributed by atoms with Gasteiger partial charge in [-0.15, -0.1) is 0 Å². The smallest absolute Gasteiger partial charge is 0.374 e. The third-order valence-electron chi connectivity index (χ3n) is 2.41. The maximum absolute atomic E-state index is 11.7. The largest absolute Gasteiger partial charge is 0.475 e. The quantitative estimate of drug-likeness (QED) is 0.685. The summed E-state index contributed by atoms with van der Waals surface area (Å²) in [4.78, 5) is 44.6. The number of carboxylic acid groups (broad SMARTS) is 1. The van der Waals surface area contributed by atoms with Crippen LogP contribution in [-0.4, -0.2) is 40.4 Å². The number of hydrogen-bond donors (Lipinski definition) is 3. The van der Waals surface area contributed by atoms with E-state index in [2.05, 4.69) is 5.32 Å². The molecule has 1 aromatic carbocycles. The zero-order valence-electron chi connectivity index (χ0n) is 10.7. The summed E-state index contributed by atoms with van der Waals surface area (Å²) in [5.74, 6) is -3.08. The van der Waals surface area contributed by atoms with Gasteiger partial charge >= 0.3 is 18.0 Å². The van der Waals surface area contributed by atoms with Gasteiger partial charge in [-0.3, -0.25) is 4.79 Å². The van der Waals surface area contributed by atoms with Crippen LogP contribution in [0.15, 0.2) is 24.3 Å².